The first-order valence-corrected chi connectivity index (χ1v) is 11.1. The van der Waals surface area contributed by atoms with Gasteiger partial charge in [-0.2, -0.15) is 0 Å². The highest BCUT2D eigenvalue weighted by Gasteiger charge is 2.11. The van der Waals surface area contributed by atoms with E-state index in [0.29, 0.717) is 0 Å². The van der Waals surface area contributed by atoms with Crippen molar-refractivity contribution in [2.45, 2.75) is 13.8 Å². The van der Waals surface area contributed by atoms with Gasteiger partial charge in [-0.1, -0.05) is 109 Å². The molecular weight excluding hydrogens is 384 g/mol. The maximum atomic E-state index is 3.63. The van der Waals surface area contributed by atoms with E-state index >= 15 is 0 Å². The number of aryl methyl sites for hydroxylation is 2. The van der Waals surface area contributed by atoms with Crippen LogP contribution in [0.2, 0.25) is 0 Å². The highest BCUT2D eigenvalue weighted by Crippen LogP contribution is 2.34. The fourth-order valence-corrected chi connectivity index (χ4v) is 5.09. The molecule has 6 aromatic carbocycles. The number of hydrogen-bond acceptors (Lipinski definition) is 0. The van der Waals surface area contributed by atoms with E-state index in [1.54, 1.807) is 0 Å². The summed E-state index contributed by atoms with van der Waals surface area (Å²) in [5.41, 5.74) is 4.84. The van der Waals surface area contributed by atoms with Crippen molar-refractivity contribution in [3.8, 4) is 11.8 Å². The molecule has 0 saturated heterocycles. The van der Waals surface area contributed by atoms with Gasteiger partial charge in [-0.25, -0.2) is 0 Å². The molecule has 0 bridgehead atoms. The molecule has 0 heterocycles. The zero-order valence-electron chi connectivity index (χ0n) is 18.2. The van der Waals surface area contributed by atoms with Gasteiger partial charge in [0.2, 0.25) is 0 Å². The van der Waals surface area contributed by atoms with Crippen LogP contribution in [0.4, 0.5) is 0 Å². The number of benzene rings is 6. The van der Waals surface area contributed by atoms with E-state index in [4.69, 9.17) is 0 Å². The molecule has 0 heteroatoms. The van der Waals surface area contributed by atoms with E-state index in [-0.39, 0.29) is 0 Å². The topological polar surface area (TPSA) is 0 Å². The summed E-state index contributed by atoms with van der Waals surface area (Å²) < 4.78 is 0. The van der Waals surface area contributed by atoms with Gasteiger partial charge in [0.25, 0.3) is 0 Å². The van der Waals surface area contributed by atoms with Crippen LogP contribution < -0.4 is 0 Å². The predicted molar refractivity (Wildman–Crippen MR) is 138 cm³/mol. The molecule has 0 nitrogen and oxygen atoms in total. The van der Waals surface area contributed by atoms with Gasteiger partial charge in [-0.3, -0.25) is 0 Å². The molecule has 0 unspecified atom stereocenters. The summed E-state index contributed by atoms with van der Waals surface area (Å²) in [4.78, 5) is 0. The van der Waals surface area contributed by atoms with Crippen molar-refractivity contribution in [3.63, 3.8) is 0 Å². The van der Waals surface area contributed by atoms with Crippen molar-refractivity contribution >= 4 is 43.1 Å². The van der Waals surface area contributed by atoms with Gasteiger partial charge >= 0.3 is 0 Å². The van der Waals surface area contributed by atoms with Gasteiger partial charge in [0.15, 0.2) is 0 Å². The Morgan fingerprint density at radius 1 is 0.344 bits per heavy atom. The molecule has 0 N–H and O–H groups in total. The van der Waals surface area contributed by atoms with E-state index in [9.17, 15) is 0 Å². The Morgan fingerprint density at radius 2 is 0.562 bits per heavy atom. The van der Waals surface area contributed by atoms with E-state index in [1.165, 1.54) is 54.2 Å². The lowest BCUT2D eigenvalue weighted by Gasteiger charge is -2.12. The van der Waals surface area contributed by atoms with Crippen molar-refractivity contribution < 1.29 is 0 Å². The summed E-state index contributed by atoms with van der Waals surface area (Å²) in [7, 11) is 0. The highest BCUT2D eigenvalue weighted by atomic mass is 14.1. The molecule has 150 valence electrons. The Morgan fingerprint density at radius 3 is 0.812 bits per heavy atom. The normalized spacial score (nSPS) is 11.2. The average Bonchev–Trinajstić information content (AvgIpc) is 2.86. The van der Waals surface area contributed by atoms with Crippen LogP contribution in [0.5, 0.6) is 0 Å². The van der Waals surface area contributed by atoms with E-state index < -0.39 is 0 Å². The minimum atomic E-state index is 1.11. The van der Waals surface area contributed by atoms with Crippen molar-refractivity contribution in [1.82, 2.24) is 0 Å². The van der Waals surface area contributed by atoms with Gasteiger partial charge in [0.05, 0.1) is 0 Å². The molecule has 0 spiro atoms. The summed E-state index contributed by atoms with van der Waals surface area (Å²) in [5.74, 6) is 7.26. The van der Waals surface area contributed by atoms with Crippen LogP contribution in [-0.2, 0) is 0 Å². The summed E-state index contributed by atoms with van der Waals surface area (Å²) in [5, 5.41) is 9.97. The van der Waals surface area contributed by atoms with Crippen LogP contribution in [0.15, 0.2) is 97.1 Å². The largest absolute Gasteiger partial charge is 0.0616 e. The lowest BCUT2D eigenvalue weighted by atomic mass is 9.91. The Hall–Kier alpha value is -4.08. The Bertz CT molecular complexity index is 1500. The molecule has 0 aliphatic carbocycles. The maximum Gasteiger partial charge on any atom is 0.0406 e. The lowest BCUT2D eigenvalue weighted by molar-refractivity contribution is 1.57. The summed E-state index contributed by atoms with van der Waals surface area (Å²) in [6.07, 6.45) is 0. The third kappa shape index (κ3) is 2.72. The molecule has 6 aromatic rings. The third-order valence-electron chi connectivity index (χ3n) is 6.71. The van der Waals surface area contributed by atoms with Crippen LogP contribution in [-0.4, -0.2) is 0 Å². The lowest BCUT2D eigenvalue weighted by Crippen LogP contribution is -1.91. The van der Waals surface area contributed by atoms with Gasteiger partial charge in [0.1, 0.15) is 0 Å². The molecule has 0 saturated carbocycles. The average molecular weight is 407 g/mol. The molecule has 0 aliphatic rings. The van der Waals surface area contributed by atoms with Gasteiger partial charge in [-0.05, 0) is 68.1 Å². The summed E-state index contributed by atoms with van der Waals surface area (Å²) in [6.45, 7) is 4.42. The zero-order valence-corrected chi connectivity index (χ0v) is 18.2. The highest BCUT2D eigenvalue weighted by molar-refractivity contribution is 6.10. The number of rotatable bonds is 0. The second-order valence-electron chi connectivity index (χ2n) is 8.43. The summed E-state index contributed by atoms with van der Waals surface area (Å²) >= 11 is 0. The first kappa shape index (κ1) is 18.7. The van der Waals surface area contributed by atoms with Crippen LogP contribution in [0, 0.1) is 25.7 Å². The maximum absolute atomic E-state index is 3.63. The van der Waals surface area contributed by atoms with Crippen LogP contribution >= 0.6 is 0 Å². The predicted octanol–water partition coefficient (Wildman–Crippen LogP) is 8.32. The van der Waals surface area contributed by atoms with Crippen molar-refractivity contribution in [2.75, 3.05) is 0 Å². The SMILES string of the molecule is Cc1c2ccccc2c(C#Cc2c3ccccc3c(C)c3ccccc23)c2ccccc12. The molecule has 0 aromatic heterocycles. The first-order valence-electron chi connectivity index (χ1n) is 11.1. The fraction of sp³-hybridized carbons (Fsp3) is 0.0625. The smallest absolute Gasteiger partial charge is 0.0406 e. The molecule has 32 heavy (non-hydrogen) atoms. The zero-order chi connectivity index (χ0) is 21.7. The molecule has 0 atom stereocenters. The van der Waals surface area contributed by atoms with Gasteiger partial charge in [-0.15, -0.1) is 0 Å². The third-order valence-corrected chi connectivity index (χ3v) is 6.71. The van der Waals surface area contributed by atoms with Crippen LogP contribution in [0.3, 0.4) is 0 Å². The van der Waals surface area contributed by atoms with E-state index in [0.717, 1.165) is 11.1 Å². The molecule has 0 radical (unpaired) electrons. The first-order chi connectivity index (χ1) is 15.7. The van der Waals surface area contributed by atoms with Crippen LogP contribution in [0.1, 0.15) is 22.3 Å². The summed E-state index contributed by atoms with van der Waals surface area (Å²) in [6, 6.07) is 34.5. The van der Waals surface area contributed by atoms with Crippen molar-refractivity contribution in [1.29, 1.82) is 0 Å². The minimum absolute atomic E-state index is 1.11. The molecule has 0 fully saturated rings. The number of hydrogen-bond donors (Lipinski definition) is 0. The second kappa shape index (κ2) is 7.26. The minimum Gasteiger partial charge on any atom is -0.0616 e. The molecule has 0 amide bonds. The van der Waals surface area contributed by atoms with E-state index in [2.05, 4.69) is 123 Å². The molecule has 0 aliphatic heterocycles. The Kier molecular flexibility index (Phi) is 4.23. The van der Waals surface area contributed by atoms with E-state index in [1.807, 2.05) is 0 Å². The Balaban J connectivity index is 1.74. The molecule has 6 rings (SSSR count). The monoisotopic (exact) mass is 406 g/mol. The quantitative estimate of drug-likeness (QED) is 0.176. The van der Waals surface area contributed by atoms with Crippen LogP contribution in [0.25, 0.3) is 43.1 Å². The fourth-order valence-electron chi connectivity index (χ4n) is 5.09. The van der Waals surface area contributed by atoms with Crippen molar-refractivity contribution in [3.05, 3.63) is 119 Å². The van der Waals surface area contributed by atoms with Gasteiger partial charge in [0, 0.05) is 11.1 Å². The Labute approximate surface area is 188 Å². The standard InChI is InChI=1S/C32H22/c1-21-23-11-3-7-15-27(23)31(28-16-8-4-12-24(21)28)19-20-32-29-17-9-5-13-25(29)22(2)26-14-6-10-18-30(26)32/h3-18H,1-2H3. The van der Waals surface area contributed by atoms with Crippen molar-refractivity contribution in [2.24, 2.45) is 0 Å². The second-order valence-corrected chi connectivity index (χ2v) is 8.43. The van der Waals surface area contributed by atoms with Gasteiger partial charge < -0.3 is 0 Å². The number of fused-ring (bicyclic) bond motifs is 4. The molecular formula is C32H22.